The van der Waals surface area contributed by atoms with Gasteiger partial charge in [0, 0.05) is 17.1 Å². The van der Waals surface area contributed by atoms with Crippen LogP contribution in [0, 0.1) is 0 Å². The molecule has 1 amide bonds. The molecule has 4 aromatic rings. The lowest BCUT2D eigenvalue weighted by Crippen LogP contribution is -2.25. The molecule has 0 aliphatic carbocycles. The second-order valence-corrected chi connectivity index (χ2v) is 6.85. The molecular weight excluding hydrogens is 348 g/mol. The first-order chi connectivity index (χ1) is 12.7. The van der Waals surface area contributed by atoms with Gasteiger partial charge in [0.15, 0.2) is 5.65 Å². The van der Waals surface area contributed by atoms with Crippen LogP contribution in [0.4, 0.5) is 5.82 Å². The quantitative estimate of drug-likeness (QED) is 0.527. The molecule has 130 valence electrons. The molecule has 26 heavy (non-hydrogen) atoms. The number of nitrogens with one attached hydrogen (secondary N) is 2. The van der Waals surface area contributed by atoms with Crippen molar-refractivity contribution in [3.05, 3.63) is 48.7 Å². The SMILES string of the molecule is CCC(Sc1nnc2c(n1)[nH]c1ccccc12)C(=O)Nc1ccccn1. The molecular formula is C18H16N6OS. The Morgan fingerprint density at radius 2 is 2.04 bits per heavy atom. The zero-order valence-electron chi connectivity index (χ0n) is 14.0. The summed E-state index contributed by atoms with van der Waals surface area (Å²) in [6.45, 7) is 1.95. The van der Waals surface area contributed by atoms with E-state index in [1.54, 1.807) is 18.3 Å². The van der Waals surface area contributed by atoms with E-state index in [9.17, 15) is 4.79 Å². The van der Waals surface area contributed by atoms with Crippen LogP contribution < -0.4 is 5.32 Å². The van der Waals surface area contributed by atoms with Crippen molar-refractivity contribution in [3.8, 4) is 0 Å². The number of hydrogen-bond acceptors (Lipinski definition) is 6. The van der Waals surface area contributed by atoms with Crippen LogP contribution in [0.2, 0.25) is 0 Å². The van der Waals surface area contributed by atoms with Crippen molar-refractivity contribution >= 4 is 45.6 Å². The number of carbonyl (C=O) groups is 1. The molecule has 0 saturated heterocycles. The molecule has 3 aromatic heterocycles. The summed E-state index contributed by atoms with van der Waals surface area (Å²) in [7, 11) is 0. The van der Waals surface area contributed by atoms with Crippen molar-refractivity contribution in [1.82, 2.24) is 25.1 Å². The van der Waals surface area contributed by atoms with Crippen molar-refractivity contribution in [1.29, 1.82) is 0 Å². The molecule has 0 aliphatic rings. The van der Waals surface area contributed by atoms with E-state index in [1.807, 2.05) is 37.3 Å². The molecule has 0 saturated carbocycles. The number of benzene rings is 1. The maximum atomic E-state index is 12.5. The summed E-state index contributed by atoms with van der Waals surface area (Å²) in [6.07, 6.45) is 2.28. The number of para-hydroxylation sites is 1. The maximum Gasteiger partial charge on any atom is 0.239 e. The summed E-state index contributed by atoms with van der Waals surface area (Å²) in [5.41, 5.74) is 2.37. The van der Waals surface area contributed by atoms with Gasteiger partial charge in [-0.05, 0) is 24.6 Å². The van der Waals surface area contributed by atoms with Gasteiger partial charge in [-0.15, -0.1) is 10.2 Å². The number of carbonyl (C=O) groups excluding carboxylic acids is 1. The average Bonchev–Trinajstić information content (AvgIpc) is 3.04. The van der Waals surface area contributed by atoms with Gasteiger partial charge in [-0.1, -0.05) is 43.0 Å². The van der Waals surface area contributed by atoms with Crippen LogP contribution in [0.5, 0.6) is 0 Å². The number of nitrogens with zero attached hydrogens (tertiary/aromatic N) is 4. The van der Waals surface area contributed by atoms with Crippen molar-refractivity contribution in [2.24, 2.45) is 0 Å². The first kappa shape index (κ1) is 16.5. The number of pyridine rings is 1. The highest BCUT2D eigenvalue weighted by Gasteiger charge is 2.21. The topological polar surface area (TPSA) is 96.5 Å². The lowest BCUT2D eigenvalue weighted by Gasteiger charge is -2.12. The molecule has 0 spiro atoms. The van der Waals surface area contributed by atoms with Crippen LogP contribution in [0.15, 0.2) is 53.8 Å². The van der Waals surface area contributed by atoms with Gasteiger partial charge in [0.05, 0.1) is 5.25 Å². The zero-order valence-corrected chi connectivity index (χ0v) is 14.8. The van der Waals surface area contributed by atoms with Crippen LogP contribution in [0.25, 0.3) is 22.1 Å². The minimum Gasteiger partial charge on any atom is -0.338 e. The third kappa shape index (κ3) is 3.23. The molecule has 3 heterocycles. The summed E-state index contributed by atoms with van der Waals surface area (Å²) >= 11 is 1.30. The van der Waals surface area contributed by atoms with Crippen molar-refractivity contribution in [2.45, 2.75) is 23.8 Å². The van der Waals surface area contributed by atoms with Gasteiger partial charge >= 0.3 is 0 Å². The van der Waals surface area contributed by atoms with E-state index in [-0.39, 0.29) is 11.2 Å². The van der Waals surface area contributed by atoms with Gasteiger partial charge in [0.25, 0.3) is 0 Å². The lowest BCUT2D eigenvalue weighted by atomic mass is 10.2. The first-order valence-corrected chi connectivity index (χ1v) is 9.12. The Balaban J connectivity index is 1.56. The average molecular weight is 364 g/mol. The van der Waals surface area contributed by atoms with Gasteiger partial charge < -0.3 is 10.3 Å². The smallest absolute Gasteiger partial charge is 0.239 e. The Morgan fingerprint density at radius 3 is 2.85 bits per heavy atom. The summed E-state index contributed by atoms with van der Waals surface area (Å²) in [5, 5.41) is 12.4. The maximum absolute atomic E-state index is 12.5. The third-order valence-electron chi connectivity index (χ3n) is 3.93. The van der Waals surface area contributed by atoms with E-state index in [2.05, 4.69) is 30.5 Å². The highest BCUT2D eigenvalue weighted by Crippen LogP contribution is 2.26. The van der Waals surface area contributed by atoms with E-state index in [1.165, 1.54) is 11.8 Å². The van der Waals surface area contributed by atoms with Crippen molar-refractivity contribution in [3.63, 3.8) is 0 Å². The molecule has 1 aromatic carbocycles. The Kier molecular flexibility index (Phi) is 4.49. The number of hydrogen-bond donors (Lipinski definition) is 2. The van der Waals surface area contributed by atoms with Gasteiger partial charge in [0.1, 0.15) is 11.3 Å². The molecule has 7 nitrogen and oxygen atoms in total. The molecule has 0 bridgehead atoms. The zero-order chi connectivity index (χ0) is 17.9. The van der Waals surface area contributed by atoms with E-state index in [0.29, 0.717) is 23.0 Å². The van der Waals surface area contributed by atoms with Crippen LogP contribution in [-0.4, -0.2) is 36.3 Å². The van der Waals surface area contributed by atoms with Crippen LogP contribution in [0.1, 0.15) is 13.3 Å². The molecule has 8 heteroatoms. The first-order valence-electron chi connectivity index (χ1n) is 8.24. The highest BCUT2D eigenvalue weighted by atomic mass is 32.2. The predicted octanol–water partition coefficient (Wildman–Crippen LogP) is 3.41. The molecule has 4 rings (SSSR count). The number of fused-ring (bicyclic) bond motifs is 3. The fourth-order valence-corrected chi connectivity index (χ4v) is 3.47. The number of H-pyrrole nitrogens is 1. The Morgan fingerprint density at radius 1 is 1.19 bits per heavy atom. The van der Waals surface area contributed by atoms with Gasteiger partial charge in [-0.2, -0.15) is 0 Å². The summed E-state index contributed by atoms with van der Waals surface area (Å²) in [6, 6.07) is 13.2. The molecule has 0 aliphatic heterocycles. The number of amides is 1. The monoisotopic (exact) mass is 364 g/mol. The Hall–Kier alpha value is -3.00. The second-order valence-electron chi connectivity index (χ2n) is 5.68. The second kappa shape index (κ2) is 7.09. The van der Waals surface area contributed by atoms with E-state index in [0.717, 1.165) is 16.4 Å². The molecule has 0 radical (unpaired) electrons. The summed E-state index contributed by atoms with van der Waals surface area (Å²) in [5.74, 6) is 0.401. The van der Waals surface area contributed by atoms with E-state index in [4.69, 9.17) is 0 Å². The predicted molar refractivity (Wildman–Crippen MR) is 102 cm³/mol. The Labute approximate surface area is 153 Å². The number of anilines is 1. The van der Waals surface area contributed by atoms with Crippen molar-refractivity contribution < 1.29 is 4.79 Å². The number of aromatic nitrogens is 5. The normalized spacial score (nSPS) is 12.3. The molecule has 1 atom stereocenters. The molecule has 0 fully saturated rings. The fourth-order valence-electron chi connectivity index (χ4n) is 2.65. The van der Waals surface area contributed by atoms with Crippen LogP contribution in [0.3, 0.4) is 0 Å². The minimum absolute atomic E-state index is 0.128. The van der Waals surface area contributed by atoms with Crippen molar-refractivity contribution in [2.75, 3.05) is 5.32 Å². The highest BCUT2D eigenvalue weighted by molar-refractivity contribution is 8.00. The lowest BCUT2D eigenvalue weighted by molar-refractivity contribution is -0.115. The fraction of sp³-hybridized carbons (Fsp3) is 0.167. The van der Waals surface area contributed by atoms with Crippen LogP contribution >= 0.6 is 11.8 Å². The standard InChI is InChI=1S/C18H16N6OS/c1-2-13(17(25)21-14-9-5-6-10-19-14)26-18-22-16-15(23-24-18)11-7-3-4-8-12(11)20-16/h3-10,13H,2H2,1H3,(H,19,21,25)(H,20,22,24). The Bertz CT molecular complexity index is 1070. The van der Waals surface area contributed by atoms with Gasteiger partial charge in [0.2, 0.25) is 11.1 Å². The van der Waals surface area contributed by atoms with E-state index >= 15 is 0 Å². The third-order valence-corrected chi connectivity index (χ3v) is 5.15. The van der Waals surface area contributed by atoms with Gasteiger partial charge in [-0.25, -0.2) is 9.97 Å². The number of aromatic amines is 1. The van der Waals surface area contributed by atoms with Gasteiger partial charge in [-0.3, -0.25) is 4.79 Å². The van der Waals surface area contributed by atoms with Crippen LogP contribution in [-0.2, 0) is 4.79 Å². The summed E-state index contributed by atoms with van der Waals surface area (Å²) < 4.78 is 0. The molecule has 2 N–H and O–H groups in total. The number of rotatable bonds is 5. The molecule has 1 unspecified atom stereocenters. The largest absolute Gasteiger partial charge is 0.338 e. The van der Waals surface area contributed by atoms with E-state index < -0.39 is 0 Å². The minimum atomic E-state index is -0.333. The summed E-state index contributed by atoms with van der Waals surface area (Å²) in [4.78, 5) is 24.4. The number of thioether (sulfide) groups is 1.